The number of sulfonamides is 1. The van der Waals surface area contributed by atoms with Crippen LogP contribution in [-0.4, -0.2) is 29.1 Å². The maximum atomic E-state index is 13.9. The maximum absolute atomic E-state index is 13.9. The van der Waals surface area contributed by atoms with Crippen molar-refractivity contribution >= 4 is 15.9 Å². The van der Waals surface area contributed by atoms with Crippen molar-refractivity contribution in [3.63, 3.8) is 0 Å². The van der Waals surface area contributed by atoms with Gasteiger partial charge in [-0.05, 0) is 29.8 Å². The molecular formula is C17H14F3N5O3S. The van der Waals surface area contributed by atoms with Gasteiger partial charge < -0.3 is 5.73 Å². The fourth-order valence-electron chi connectivity index (χ4n) is 2.81. The Hall–Kier alpha value is -3.25. The van der Waals surface area contributed by atoms with Gasteiger partial charge in [0.1, 0.15) is 12.2 Å². The van der Waals surface area contributed by atoms with E-state index < -0.39 is 34.3 Å². The molecule has 2 aromatic heterocycles. The first-order chi connectivity index (χ1) is 13.5. The van der Waals surface area contributed by atoms with E-state index in [0.717, 1.165) is 12.1 Å². The highest BCUT2D eigenvalue weighted by Gasteiger charge is 2.41. The highest BCUT2D eigenvalue weighted by Crippen LogP contribution is 2.42. The minimum atomic E-state index is -4.85. The third-order valence-electron chi connectivity index (χ3n) is 3.95. The SMILES string of the molecule is NC(=O)Cn1nc(-c2ccc(S(N)(=O)=O)cc2)c(-c2ccncc2)c1C(F)(F)F. The van der Waals surface area contributed by atoms with Crippen LogP contribution in [0.25, 0.3) is 22.4 Å². The van der Waals surface area contributed by atoms with Crippen LogP contribution in [0.2, 0.25) is 0 Å². The van der Waals surface area contributed by atoms with E-state index in [-0.39, 0.29) is 27.3 Å². The Labute approximate surface area is 163 Å². The second-order valence-corrected chi connectivity index (χ2v) is 7.56. The summed E-state index contributed by atoms with van der Waals surface area (Å²) in [5, 5.41) is 9.00. The largest absolute Gasteiger partial charge is 0.433 e. The van der Waals surface area contributed by atoms with Gasteiger partial charge in [0, 0.05) is 23.5 Å². The Morgan fingerprint density at radius 2 is 1.62 bits per heavy atom. The van der Waals surface area contributed by atoms with Gasteiger partial charge in [-0.25, -0.2) is 18.2 Å². The summed E-state index contributed by atoms with van der Waals surface area (Å²) in [4.78, 5) is 14.9. The number of halogens is 3. The molecule has 0 aliphatic heterocycles. The lowest BCUT2D eigenvalue weighted by molar-refractivity contribution is -0.144. The van der Waals surface area contributed by atoms with Crippen LogP contribution in [0.1, 0.15) is 5.69 Å². The molecule has 0 radical (unpaired) electrons. The first kappa shape index (κ1) is 20.5. The Bertz CT molecular complexity index is 1160. The van der Waals surface area contributed by atoms with Gasteiger partial charge in [-0.3, -0.25) is 9.78 Å². The normalized spacial score (nSPS) is 12.1. The quantitative estimate of drug-likeness (QED) is 0.642. The average Bonchev–Trinajstić information content (AvgIpc) is 3.00. The fraction of sp³-hybridized carbons (Fsp3) is 0.118. The molecular weight excluding hydrogens is 411 g/mol. The van der Waals surface area contributed by atoms with Gasteiger partial charge in [0.2, 0.25) is 15.9 Å². The number of pyridine rings is 1. The minimum Gasteiger partial charge on any atom is -0.368 e. The molecule has 0 aliphatic rings. The molecule has 29 heavy (non-hydrogen) atoms. The van der Waals surface area contributed by atoms with Crippen LogP contribution in [0.4, 0.5) is 13.2 Å². The molecule has 3 aromatic rings. The number of primary amides is 1. The number of carbonyl (C=O) groups is 1. The molecule has 0 aliphatic carbocycles. The molecule has 0 saturated heterocycles. The van der Waals surface area contributed by atoms with E-state index in [1.165, 1.54) is 36.7 Å². The fourth-order valence-corrected chi connectivity index (χ4v) is 3.32. The molecule has 2 heterocycles. The van der Waals surface area contributed by atoms with Gasteiger partial charge in [-0.2, -0.15) is 18.3 Å². The van der Waals surface area contributed by atoms with E-state index in [1.54, 1.807) is 0 Å². The Morgan fingerprint density at radius 3 is 2.10 bits per heavy atom. The van der Waals surface area contributed by atoms with Crippen LogP contribution in [0, 0.1) is 0 Å². The number of amides is 1. The van der Waals surface area contributed by atoms with Gasteiger partial charge in [0.25, 0.3) is 0 Å². The van der Waals surface area contributed by atoms with Crippen LogP contribution in [0.15, 0.2) is 53.7 Å². The molecule has 1 amide bonds. The van der Waals surface area contributed by atoms with Gasteiger partial charge >= 0.3 is 6.18 Å². The predicted molar refractivity (Wildman–Crippen MR) is 96.5 cm³/mol. The summed E-state index contributed by atoms with van der Waals surface area (Å²) in [6, 6.07) is 7.60. The van der Waals surface area contributed by atoms with Gasteiger partial charge in [-0.15, -0.1) is 0 Å². The highest BCUT2D eigenvalue weighted by atomic mass is 32.2. The first-order valence-corrected chi connectivity index (χ1v) is 9.53. The molecule has 0 fully saturated rings. The number of rotatable bonds is 5. The molecule has 0 saturated carbocycles. The van der Waals surface area contributed by atoms with Crippen molar-refractivity contribution in [3.05, 3.63) is 54.5 Å². The molecule has 12 heteroatoms. The first-order valence-electron chi connectivity index (χ1n) is 7.98. The van der Waals surface area contributed by atoms with Crippen LogP contribution in [0.5, 0.6) is 0 Å². The maximum Gasteiger partial charge on any atom is 0.433 e. The molecule has 1 aromatic carbocycles. The number of aromatic nitrogens is 3. The summed E-state index contributed by atoms with van der Waals surface area (Å²) >= 11 is 0. The predicted octanol–water partition coefficient (Wildman–Crippen LogP) is 1.76. The van der Waals surface area contributed by atoms with Crippen molar-refractivity contribution in [2.24, 2.45) is 10.9 Å². The number of primary sulfonamides is 1. The molecule has 0 bridgehead atoms. The zero-order valence-electron chi connectivity index (χ0n) is 14.6. The van der Waals surface area contributed by atoms with E-state index >= 15 is 0 Å². The van der Waals surface area contributed by atoms with Gasteiger partial charge in [0.05, 0.1) is 4.90 Å². The van der Waals surface area contributed by atoms with Crippen molar-refractivity contribution in [2.75, 3.05) is 0 Å². The van der Waals surface area contributed by atoms with Crippen molar-refractivity contribution in [1.82, 2.24) is 14.8 Å². The smallest absolute Gasteiger partial charge is 0.368 e. The minimum absolute atomic E-state index is 0.106. The van der Waals surface area contributed by atoms with Crippen molar-refractivity contribution in [1.29, 1.82) is 0 Å². The summed E-state index contributed by atoms with van der Waals surface area (Å²) in [5.74, 6) is -1.00. The Balaban J connectivity index is 2.31. The molecule has 0 spiro atoms. The van der Waals surface area contributed by atoms with Crippen molar-refractivity contribution < 1.29 is 26.4 Å². The van der Waals surface area contributed by atoms with E-state index in [9.17, 15) is 26.4 Å². The molecule has 8 nitrogen and oxygen atoms in total. The van der Waals surface area contributed by atoms with Crippen LogP contribution in [-0.2, 0) is 27.5 Å². The third-order valence-corrected chi connectivity index (χ3v) is 4.88. The van der Waals surface area contributed by atoms with Crippen LogP contribution in [0.3, 0.4) is 0 Å². The monoisotopic (exact) mass is 425 g/mol. The number of carbonyl (C=O) groups excluding carboxylic acids is 1. The summed E-state index contributed by atoms with van der Waals surface area (Å²) < 4.78 is 65.0. The molecule has 0 unspecified atom stereocenters. The van der Waals surface area contributed by atoms with E-state index in [1.807, 2.05) is 0 Å². The van der Waals surface area contributed by atoms with Gasteiger partial charge in [-0.1, -0.05) is 12.1 Å². The molecule has 3 rings (SSSR count). The summed E-state index contributed by atoms with van der Waals surface area (Å²) in [5.41, 5.74) is 3.88. The second kappa shape index (κ2) is 7.29. The van der Waals surface area contributed by atoms with E-state index in [4.69, 9.17) is 10.9 Å². The number of hydrogen-bond acceptors (Lipinski definition) is 5. The molecule has 4 N–H and O–H groups in total. The molecule has 0 atom stereocenters. The lowest BCUT2D eigenvalue weighted by atomic mass is 9.99. The van der Waals surface area contributed by atoms with Crippen LogP contribution >= 0.6 is 0 Å². The molecule has 152 valence electrons. The zero-order valence-corrected chi connectivity index (χ0v) is 15.4. The topological polar surface area (TPSA) is 134 Å². The lowest BCUT2D eigenvalue weighted by Crippen LogP contribution is -2.24. The highest BCUT2D eigenvalue weighted by molar-refractivity contribution is 7.89. The zero-order chi connectivity index (χ0) is 21.4. The number of nitrogens with two attached hydrogens (primary N) is 2. The summed E-state index contributed by atoms with van der Waals surface area (Å²) in [6.07, 6.45) is -2.22. The Morgan fingerprint density at radius 1 is 1.03 bits per heavy atom. The van der Waals surface area contributed by atoms with E-state index in [0.29, 0.717) is 4.68 Å². The van der Waals surface area contributed by atoms with Crippen LogP contribution < -0.4 is 10.9 Å². The van der Waals surface area contributed by atoms with Crippen molar-refractivity contribution in [3.8, 4) is 22.4 Å². The summed E-state index contributed by atoms with van der Waals surface area (Å²) in [7, 11) is -3.98. The third kappa shape index (κ3) is 4.27. The number of benzene rings is 1. The standard InChI is InChI=1S/C17H14F3N5O3S/c18-17(19,20)16-14(10-5-7-23-8-6-10)15(24-25(16)9-13(21)26)11-1-3-12(4-2-11)29(22,27)28/h1-8H,9H2,(H2,21,26)(H2,22,27,28). The van der Waals surface area contributed by atoms with Crippen molar-refractivity contribution in [2.45, 2.75) is 17.6 Å². The van der Waals surface area contributed by atoms with Gasteiger partial charge in [0.15, 0.2) is 5.69 Å². The summed E-state index contributed by atoms with van der Waals surface area (Å²) in [6.45, 7) is -0.789. The second-order valence-electron chi connectivity index (χ2n) is 6.00. The lowest BCUT2D eigenvalue weighted by Gasteiger charge is -2.12. The number of hydrogen-bond donors (Lipinski definition) is 2. The van der Waals surface area contributed by atoms with E-state index in [2.05, 4.69) is 10.1 Å². The average molecular weight is 425 g/mol. The Kier molecular flexibility index (Phi) is 5.15. The number of nitrogens with zero attached hydrogens (tertiary/aromatic N) is 3. The number of alkyl halides is 3.